The Kier molecular flexibility index (Phi) is 5.48. The molecule has 1 aromatic carbocycles. The van der Waals surface area contributed by atoms with Gasteiger partial charge in [0.25, 0.3) is 0 Å². The zero-order valence-electron chi connectivity index (χ0n) is 19.0. The molecule has 2 amide bonds. The third kappa shape index (κ3) is 4.27. The molecule has 168 valence electrons. The van der Waals surface area contributed by atoms with E-state index in [2.05, 4.69) is 10.3 Å². The molecule has 0 spiro atoms. The van der Waals surface area contributed by atoms with Crippen molar-refractivity contribution in [2.75, 3.05) is 6.54 Å². The molecule has 1 aromatic rings. The number of hydrogen-bond acceptors (Lipinski definition) is 5. The molecular formula is C24H34N4O3. The van der Waals surface area contributed by atoms with Crippen molar-refractivity contribution < 1.29 is 14.3 Å². The van der Waals surface area contributed by atoms with Gasteiger partial charge in [0.15, 0.2) is 5.96 Å². The normalized spacial score (nSPS) is 28.3. The lowest BCUT2D eigenvalue weighted by atomic mass is 9.88. The van der Waals surface area contributed by atoms with E-state index in [-0.39, 0.29) is 40.8 Å². The molecule has 0 radical (unpaired) electrons. The number of aliphatic imine (C=N–C) groups is 1. The molecule has 3 N–H and O–H groups in total. The van der Waals surface area contributed by atoms with Gasteiger partial charge in [-0.05, 0) is 45.1 Å². The fourth-order valence-corrected chi connectivity index (χ4v) is 4.92. The average molecular weight is 427 g/mol. The summed E-state index contributed by atoms with van der Waals surface area (Å²) < 4.78 is 6.07. The first kappa shape index (κ1) is 21.7. The molecule has 7 heteroatoms. The smallest absolute Gasteiger partial charge is 0.231 e. The molecule has 2 aliphatic heterocycles. The highest BCUT2D eigenvalue weighted by Crippen LogP contribution is 2.43. The van der Waals surface area contributed by atoms with E-state index in [0.29, 0.717) is 25.3 Å². The van der Waals surface area contributed by atoms with Gasteiger partial charge in [-0.3, -0.25) is 14.5 Å². The molecule has 0 bridgehead atoms. The Morgan fingerprint density at radius 3 is 2.68 bits per heavy atom. The zero-order valence-corrected chi connectivity index (χ0v) is 19.0. The van der Waals surface area contributed by atoms with Crippen LogP contribution in [-0.4, -0.2) is 40.4 Å². The number of fused-ring (bicyclic) bond motifs is 1. The first-order valence-electron chi connectivity index (χ1n) is 11.4. The highest BCUT2D eigenvalue weighted by Gasteiger charge is 2.47. The second-order valence-corrected chi connectivity index (χ2v) is 9.85. The highest BCUT2D eigenvalue weighted by molar-refractivity contribution is 5.99. The number of ether oxygens (including phenoxy) is 1. The summed E-state index contributed by atoms with van der Waals surface area (Å²) in [4.78, 5) is 32.0. The molecule has 3 aliphatic rings. The van der Waals surface area contributed by atoms with Crippen LogP contribution in [0.4, 0.5) is 0 Å². The van der Waals surface area contributed by atoms with Crippen LogP contribution in [0.2, 0.25) is 0 Å². The number of carbonyl (C=O) groups excluding carboxylic acids is 2. The van der Waals surface area contributed by atoms with E-state index < -0.39 is 0 Å². The summed E-state index contributed by atoms with van der Waals surface area (Å²) in [5, 5.41) is 3.23. The predicted molar refractivity (Wildman–Crippen MR) is 120 cm³/mol. The van der Waals surface area contributed by atoms with Crippen LogP contribution in [-0.2, 0) is 9.59 Å². The molecule has 0 aromatic heterocycles. The van der Waals surface area contributed by atoms with Crippen LogP contribution in [0.25, 0.3) is 0 Å². The summed E-state index contributed by atoms with van der Waals surface area (Å²) in [5.41, 5.74) is 6.47. The fourth-order valence-electron chi connectivity index (χ4n) is 4.92. The number of guanidine groups is 1. The lowest BCUT2D eigenvalue weighted by Gasteiger charge is -2.38. The first-order valence-corrected chi connectivity index (χ1v) is 11.4. The summed E-state index contributed by atoms with van der Waals surface area (Å²) in [6.07, 6.45) is 3.46. The molecule has 0 saturated heterocycles. The van der Waals surface area contributed by atoms with Gasteiger partial charge in [0.05, 0.1) is 18.0 Å². The summed E-state index contributed by atoms with van der Waals surface area (Å²) in [5.74, 6) is 1.21. The van der Waals surface area contributed by atoms with Crippen LogP contribution < -0.4 is 15.8 Å². The standard InChI is InChI=1S/C24H34N4O3/c1-5-24(6-2)13-20(29)28(22(25)27-24)14-15-11-17(15)21(30)26-18-12-23(3,4)31-19-10-8-7-9-16(18)19/h7-10,15,17-18H,5-6,11-14H2,1-4H3,(H2,25,27)(H,26,30). The highest BCUT2D eigenvalue weighted by atomic mass is 16.5. The minimum absolute atomic E-state index is 0.0161. The summed E-state index contributed by atoms with van der Waals surface area (Å²) in [6, 6.07) is 7.80. The van der Waals surface area contributed by atoms with E-state index in [0.717, 1.165) is 30.6 Å². The third-order valence-corrected chi connectivity index (χ3v) is 7.10. The van der Waals surface area contributed by atoms with Crippen LogP contribution in [0, 0.1) is 11.8 Å². The van der Waals surface area contributed by atoms with Crippen LogP contribution in [0.1, 0.15) is 71.4 Å². The van der Waals surface area contributed by atoms with Crippen molar-refractivity contribution in [2.24, 2.45) is 22.6 Å². The number of nitrogens with zero attached hydrogens (tertiary/aromatic N) is 2. The van der Waals surface area contributed by atoms with Crippen LogP contribution >= 0.6 is 0 Å². The molecule has 1 saturated carbocycles. The van der Waals surface area contributed by atoms with Crippen molar-refractivity contribution in [3.05, 3.63) is 29.8 Å². The fraction of sp³-hybridized carbons (Fsp3) is 0.625. The van der Waals surface area contributed by atoms with Crippen molar-refractivity contribution in [1.29, 1.82) is 0 Å². The molecule has 1 aliphatic carbocycles. The molecule has 3 atom stereocenters. The zero-order chi connectivity index (χ0) is 22.4. The molecule has 3 unspecified atom stereocenters. The van der Waals surface area contributed by atoms with E-state index in [1.54, 1.807) is 4.90 Å². The Labute approximate surface area is 184 Å². The van der Waals surface area contributed by atoms with Gasteiger partial charge in [-0.25, -0.2) is 4.99 Å². The van der Waals surface area contributed by atoms with Gasteiger partial charge in [0.1, 0.15) is 11.4 Å². The van der Waals surface area contributed by atoms with Gasteiger partial charge in [-0.2, -0.15) is 0 Å². The van der Waals surface area contributed by atoms with Gasteiger partial charge in [0, 0.05) is 24.4 Å². The third-order valence-electron chi connectivity index (χ3n) is 7.10. The molecule has 4 rings (SSSR count). The van der Waals surface area contributed by atoms with Gasteiger partial charge < -0.3 is 15.8 Å². The molecule has 31 heavy (non-hydrogen) atoms. The summed E-state index contributed by atoms with van der Waals surface area (Å²) in [6.45, 7) is 8.63. The van der Waals surface area contributed by atoms with Gasteiger partial charge >= 0.3 is 0 Å². The lowest BCUT2D eigenvalue weighted by molar-refractivity contribution is -0.130. The lowest BCUT2D eigenvalue weighted by Crippen LogP contribution is -2.52. The van der Waals surface area contributed by atoms with Crippen molar-refractivity contribution in [2.45, 2.75) is 77.0 Å². The van der Waals surface area contributed by atoms with E-state index in [9.17, 15) is 9.59 Å². The number of amides is 2. The van der Waals surface area contributed by atoms with Crippen LogP contribution in [0.5, 0.6) is 5.75 Å². The number of benzene rings is 1. The van der Waals surface area contributed by atoms with Crippen molar-refractivity contribution in [3.8, 4) is 5.75 Å². The van der Waals surface area contributed by atoms with Crippen molar-refractivity contribution >= 4 is 17.8 Å². The monoisotopic (exact) mass is 426 g/mol. The van der Waals surface area contributed by atoms with Crippen LogP contribution in [0.3, 0.4) is 0 Å². The predicted octanol–water partition coefficient (Wildman–Crippen LogP) is 3.15. The number of nitrogens with two attached hydrogens (primary N) is 1. The summed E-state index contributed by atoms with van der Waals surface area (Å²) in [7, 11) is 0. The summed E-state index contributed by atoms with van der Waals surface area (Å²) >= 11 is 0. The number of hydrogen-bond donors (Lipinski definition) is 2. The maximum atomic E-state index is 13.0. The van der Waals surface area contributed by atoms with Crippen molar-refractivity contribution in [3.63, 3.8) is 0 Å². The first-order chi connectivity index (χ1) is 14.7. The van der Waals surface area contributed by atoms with Gasteiger partial charge in [0.2, 0.25) is 11.8 Å². The van der Waals surface area contributed by atoms with E-state index in [1.807, 2.05) is 52.0 Å². The maximum absolute atomic E-state index is 13.0. The topological polar surface area (TPSA) is 97.0 Å². The molecule has 1 fully saturated rings. The quantitative estimate of drug-likeness (QED) is 0.730. The Morgan fingerprint density at radius 1 is 1.29 bits per heavy atom. The minimum Gasteiger partial charge on any atom is -0.487 e. The second-order valence-electron chi connectivity index (χ2n) is 9.85. The van der Waals surface area contributed by atoms with Gasteiger partial charge in [-0.15, -0.1) is 0 Å². The molecule has 7 nitrogen and oxygen atoms in total. The SMILES string of the molecule is CCC1(CC)CC(=O)N(CC2CC2C(=O)NC2CC(C)(C)Oc3ccccc32)C(N)=N1. The largest absolute Gasteiger partial charge is 0.487 e. The number of carbonyl (C=O) groups is 2. The molecule has 2 heterocycles. The Balaban J connectivity index is 1.39. The Hall–Kier alpha value is -2.57. The van der Waals surface area contributed by atoms with Crippen LogP contribution in [0.15, 0.2) is 29.3 Å². The van der Waals surface area contributed by atoms with E-state index >= 15 is 0 Å². The second kappa shape index (κ2) is 7.84. The number of nitrogens with one attached hydrogen (secondary N) is 1. The maximum Gasteiger partial charge on any atom is 0.231 e. The average Bonchev–Trinajstić information content (AvgIpc) is 3.49. The minimum atomic E-state index is -0.374. The Morgan fingerprint density at radius 2 is 2.00 bits per heavy atom. The Bertz CT molecular complexity index is 906. The van der Waals surface area contributed by atoms with E-state index in [1.165, 1.54) is 0 Å². The van der Waals surface area contributed by atoms with Gasteiger partial charge in [-0.1, -0.05) is 32.0 Å². The van der Waals surface area contributed by atoms with Crippen molar-refractivity contribution in [1.82, 2.24) is 10.2 Å². The van der Waals surface area contributed by atoms with E-state index in [4.69, 9.17) is 10.5 Å². The molecular weight excluding hydrogens is 392 g/mol. The number of rotatable bonds is 6. The number of para-hydroxylation sites is 1.